The van der Waals surface area contributed by atoms with Crippen LogP contribution in [0.1, 0.15) is 148 Å². The molecule has 6 aromatic rings. The second-order valence-electron chi connectivity index (χ2n) is 29.9. The lowest BCUT2D eigenvalue weighted by molar-refractivity contribution is -0.150. The van der Waals surface area contributed by atoms with Crippen molar-refractivity contribution in [3.8, 4) is 45.5 Å². The summed E-state index contributed by atoms with van der Waals surface area (Å²) in [5.41, 5.74) is 2.01. The molecule has 10 atom stereocenters. The molecule has 0 spiro atoms. The normalized spacial score (nSPS) is 27.1. The number of likely N-dealkylation sites (tertiary alicyclic amines) is 2. The molecule has 560 valence electrons. The fraction of sp³-hybridized carbons (Fsp3) is 0.500. The van der Waals surface area contributed by atoms with Gasteiger partial charge in [0.2, 0.25) is 35.4 Å². The molecule has 2 saturated carbocycles. The fourth-order valence-electron chi connectivity index (χ4n) is 16.4. The monoisotopic (exact) mass is 1440 g/mol. The molecule has 22 nitrogen and oxygen atoms in total. The fourth-order valence-corrected chi connectivity index (χ4v) is 16.4. The molecule has 0 bridgehead atoms. The van der Waals surface area contributed by atoms with E-state index in [0.29, 0.717) is 97.3 Å². The average Bonchev–Trinajstić information content (AvgIpc) is 1.58. The lowest BCUT2D eigenvalue weighted by Crippen LogP contribution is -2.54. The van der Waals surface area contributed by atoms with Crippen LogP contribution in [0.15, 0.2) is 133 Å². The number of pyridine rings is 2. The number of carbonyl (C=O) groups is 8. The van der Waals surface area contributed by atoms with E-state index in [9.17, 15) is 43.5 Å². The number of allylic oxidation sites excluding steroid dienone is 2. The Hall–Kier alpha value is -9.86. The van der Waals surface area contributed by atoms with Crippen LogP contribution in [0.2, 0.25) is 0 Å². The highest BCUT2D eigenvalue weighted by molar-refractivity contribution is 5.98. The highest BCUT2D eigenvalue weighted by atomic mass is 16.5. The van der Waals surface area contributed by atoms with Gasteiger partial charge < -0.3 is 59.0 Å². The summed E-state index contributed by atoms with van der Waals surface area (Å²) in [4.78, 5) is 128. The Kier molecular flexibility index (Phi) is 23.7. The Morgan fingerprint density at radius 1 is 0.528 bits per heavy atom. The van der Waals surface area contributed by atoms with Crippen molar-refractivity contribution >= 4 is 69.2 Å². The van der Waals surface area contributed by atoms with Crippen molar-refractivity contribution in [3.63, 3.8) is 0 Å². The molecule has 2 aromatic heterocycles. The van der Waals surface area contributed by atoms with Gasteiger partial charge in [-0.05, 0) is 121 Å². The zero-order chi connectivity index (χ0) is 73.9. The number of benzene rings is 4. The zero-order valence-electron chi connectivity index (χ0n) is 61.3. The molecule has 8 heterocycles. The van der Waals surface area contributed by atoms with Crippen molar-refractivity contribution in [1.29, 1.82) is 0 Å². The van der Waals surface area contributed by atoms with Gasteiger partial charge in [0.15, 0.2) is 0 Å². The smallest absolute Gasteiger partial charge is 0.332 e. The van der Waals surface area contributed by atoms with Crippen LogP contribution >= 0.6 is 0 Å². The van der Waals surface area contributed by atoms with Gasteiger partial charge in [0, 0.05) is 122 Å². The van der Waals surface area contributed by atoms with Crippen molar-refractivity contribution in [2.75, 3.05) is 60.1 Å². The van der Waals surface area contributed by atoms with E-state index >= 15 is 0 Å². The van der Waals surface area contributed by atoms with E-state index in [0.717, 1.165) is 112 Å². The van der Waals surface area contributed by atoms with Gasteiger partial charge in [-0.1, -0.05) is 111 Å². The number of methoxy groups -OCH3 is 2. The second-order valence-corrected chi connectivity index (χ2v) is 29.9. The summed E-state index contributed by atoms with van der Waals surface area (Å²) >= 11 is 0. The maximum absolute atomic E-state index is 14.7. The SMILES string of the molecule is CCOC(=O)C12CC1/C=C\CCCCC[C@H](CC(=O)N1CCCCC1)C(=O)N1C[C@H](Oc3cc(-c4ccccc4)nc4cc(OC)ccc34)C[C@H]1C(=O)N2.COc1ccc2c(O[C@@H]3C[C@H]4C(=O)NC5(C(=O)O)CC5/C=C\CCCCC[C@H](CC(=O)N5CCCCC5)C(=O)N4C3)cc(-c3ccccc3)nc2c1. The summed E-state index contributed by atoms with van der Waals surface area (Å²) in [6, 6.07) is 32.7. The van der Waals surface area contributed by atoms with E-state index in [1.807, 2.05) is 137 Å². The van der Waals surface area contributed by atoms with E-state index in [2.05, 4.69) is 16.7 Å². The molecule has 22 heteroatoms. The molecule has 4 unspecified atom stereocenters. The number of amides is 6. The minimum atomic E-state index is -1.41. The van der Waals surface area contributed by atoms with Gasteiger partial charge in [-0.25, -0.2) is 19.6 Å². The first kappa shape index (κ1) is 74.4. The van der Waals surface area contributed by atoms with Gasteiger partial charge in [-0.3, -0.25) is 28.8 Å². The first-order valence-corrected chi connectivity index (χ1v) is 38.5. The first-order chi connectivity index (χ1) is 51.5. The summed E-state index contributed by atoms with van der Waals surface area (Å²) in [6.45, 7) is 5.05. The summed E-state index contributed by atoms with van der Waals surface area (Å²) in [5, 5.41) is 17.7. The van der Waals surface area contributed by atoms with Crippen LogP contribution in [0, 0.1) is 23.7 Å². The lowest BCUT2D eigenvalue weighted by Gasteiger charge is -2.31. The van der Waals surface area contributed by atoms with Crippen molar-refractivity contribution in [2.45, 2.75) is 184 Å². The van der Waals surface area contributed by atoms with Crippen LogP contribution in [0.25, 0.3) is 44.3 Å². The van der Waals surface area contributed by atoms with Crippen molar-refractivity contribution in [2.24, 2.45) is 23.7 Å². The number of esters is 1. The summed E-state index contributed by atoms with van der Waals surface area (Å²) < 4.78 is 30.0. The number of carboxylic acid groups (broad SMARTS) is 1. The number of aliphatic carboxylic acids is 1. The minimum Gasteiger partial charge on any atom is -0.497 e. The maximum atomic E-state index is 14.7. The number of aromatic nitrogens is 2. The van der Waals surface area contributed by atoms with Crippen molar-refractivity contribution < 1.29 is 67.1 Å². The Bertz CT molecular complexity index is 4250. The summed E-state index contributed by atoms with van der Waals surface area (Å²) in [6.07, 6.45) is 22.2. The minimum absolute atomic E-state index is 0.00360. The number of ether oxygens (including phenoxy) is 5. The van der Waals surface area contributed by atoms with E-state index in [4.69, 9.17) is 33.7 Å². The molecular formula is C84H100N8O14. The van der Waals surface area contributed by atoms with Crippen LogP contribution in [0.4, 0.5) is 0 Å². The van der Waals surface area contributed by atoms with Gasteiger partial charge >= 0.3 is 11.9 Å². The Balaban J connectivity index is 0.000000188. The number of hydrogen-bond acceptors (Lipinski definition) is 15. The molecule has 3 N–H and O–H groups in total. The molecule has 8 aliphatic rings. The summed E-state index contributed by atoms with van der Waals surface area (Å²) in [7, 11) is 3.21. The number of carboxylic acids is 1. The van der Waals surface area contributed by atoms with E-state index in [1.54, 1.807) is 30.9 Å². The quantitative estimate of drug-likeness (QED) is 0.0637. The molecular weight excluding hydrogens is 1340 g/mol. The largest absolute Gasteiger partial charge is 0.497 e. The number of rotatable bonds is 15. The number of piperidine rings is 2. The zero-order valence-corrected chi connectivity index (χ0v) is 61.3. The Morgan fingerprint density at radius 3 is 1.39 bits per heavy atom. The molecule has 14 rings (SSSR count). The van der Waals surface area contributed by atoms with Crippen LogP contribution in [0.5, 0.6) is 23.0 Å². The second kappa shape index (κ2) is 33.7. The molecule has 0 radical (unpaired) electrons. The Morgan fingerprint density at radius 2 is 0.953 bits per heavy atom. The van der Waals surface area contributed by atoms with Crippen LogP contribution in [-0.4, -0.2) is 178 Å². The van der Waals surface area contributed by atoms with Crippen molar-refractivity contribution in [3.05, 3.63) is 133 Å². The molecule has 6 amide bonds. The predicted molar refractivity (Wildman–Crippen MR) is 400 cm³/mol. The first-order valence-electron chi connectivity index (χ1n) is 38.5. The molecule has 4 saturated heterocycles. The molecule has 4 aromatic carbocycles. The van der Waals surface area contributed by atoms with Gasteiger partial charge in [-0.2, -0.15) is 0 Å². The Labute approximate surface area is 619 Å². The number of nitrogens with zero attached hydrogens (tertiary/aromatic N) is 6. The number of nitrogens with one attached hydrogen (secondary N) is 2. The highest BCUT2D eigenvalue weighted by Gasteiger charge is 2.63. The third kappa shape index (κ3) is 17.0. The highest BCUT2D eigenvalue weighted by Crippen LogP contribution is 2.48. The van der Waals surface area contributed by atoms with Gasteiger partial charge in [0.1, 0.15) is 58.4 Å². The third-order valence-corrected chi connectivity index (χ3v) is 22.7. The molecule has 6 fully saturated rings. The van der Waals surface area contributed by atoms with Crippen LogP contribution < -0.4 is 29.6 Å². The number of carbonyl (C=O) groups excluding carboxylic acids is 7. The van der Waals surface area contributed by atoms with E-state index in [-0.39, 0.29) is 80.8 Å². The van der Waals surface area contributed by atoms with Gasteiger partial charge in [0.05, 0.1) is 56.3 Å². The standard InChI is InChI=1S/C43H52N4O7.C41H48N4O7/c1-3-53-42(51)43-27-31(43)18-12-6-4-5-9-17-30(23-39(48)46-21-13-8-14-22-46)41(50)47-28-33(25-37(47)40(49)45-43)54-38-26-35(29-15-10-7-11-16-29)44-36-24-32(52-2)19-20-34(36)38;1-51-30-17-18-32-34(22-30)42-33(27-13-8-5-9-14-27)24-36(32)52-31-23-35-38(47)43-41(40(49)50)25-29(41)16-10-4-2-3-7-15-28(39(48)45(35)26-31)21-37(46)44-19-11-6-12-20-44/h7,10-12,15-16,18-20,24,26,30-31,33,37H,3-6,8-9,13-14,17,21-23,25,27-28H2,1-2H3,(H,45,49);5,8-10,13-14,16-18,22,24,28-29,31,35H,2-4,6-7,11-12,15,19-21,23,25-26H2,1H3,(H,43,47)(H,49,50)/b18-12-;16-10-/t30-,31?,33-,37+,43?;28-,29?,31-,35+,41?/m11/s1. The van der Waals surface area contributed by atoms with Gasteiger partial charge in [-0.15, -0.1) is 0 Å². The van der Waals surface area contributed by atoms with Crippen LogP contribution in [0.3, 0.4) is 0 Å². The third-order valence-electron chi connectivity index (χ3n) is 22.7. The van der Waals surface area contributed by atoms with Crippen LogP contribution in [-0.2, 0) is 43.1 Å². The molecule has 6 aliphatic heterocycles. The predicted octanol–water partition coefficient (Wildman–Crippen LogP) is 12.0. The lowest BCUT2D eigenvalue weighted by atomic mass is 9.94. The average molecular weight is 1450 g/mol. The topological polar surface area (TPSA) is 266 Å². The van der Waals surface area contributed by atoms with E-state index in [1.165, 1.54) is 0 Å². The maximum Gasteiger partial charge on any atom is 0.332 e. The summed E-state index contributed by atoms with van der Waals surface area (Å²) in [5.74, 6) is -2.19. The number of fused-ring (bicyclic) bond motifs is 6. The molecule has 106 heavy (non-hydrogen) atoms. The molecule has 2 aliphatic carbocycles. The van der Waals surface area contributed by atoms with Crippen molar-refractivity contribution in [1.82, 2.24) is 40.2 Å². The number of hydrogen-bond donors (Lipinski definition) is 3. The van der Waals surface area contributed by atoms with E-state index < -0.39 is 71.0 Å². The van der Waals surface area contributed by atoms with Gasteiger partial charge in [0.25, 0.3) is 0 Å².